The van der Waals surface area contributed by atoms with Crippen LogP contribution in [0.2, 0.25) is 0 Å². The van der Waals surface area contributed by atoms with Crippen LogP contribution in [0, 0.1) is 0 Å². The Hall–Kier alpha value is -1.78. The van der Waals surface area contributed by atoms with Gasteiger partial charge in [-0.3, -0.25) is 0 Å². The highest BCUT2D eigenvalue weighted by atomic mass is 16.7. The van der Waals surface area contributed by atoms with Crippen LogP contribution in [0.25, 0.3) is 5.52 Å². The predicted molar refractivity (Wildman–Crippen MR) is 69.9 cm³/mol. The van der Waals surface area contributed by atoms with Crippen LogP contribution in [0.5, 0.6) is 0 Å². The molecule has 6 N–H and O–H groups in total. The number of nitrogens with two attached hydrogens (primary N) is 1. The Labute approximate surface area is 119 Å². The van der Waals surface area contributed by atoms with Gasteiger partial charge >= 0.3 is 0 Å². The molecule has 0 radical (unpaired) electrons. The van der Waals surface area contributed by atoms with Gasteiger partial charge in [0.2, 0.25) is 5.79 Å². The minimum Gasteiger partial charge on any atom is -0.394 e. The molecule has 0 unspecified atom stereocenters. The van der Waals surface area contributed by atoms with Crippen LogP contribution in [-0.2, 0) is 10.5 Å². The molecular formula is C12H16N4O5. The van der Waals surface area contributed by atoms with Crippen molar-refractivity contribution in [2.24, 2.45) is 0 Å². The van der Waals surface area contributed by atoms with E-state index >= 15 is 0 Å². The fraction of sp³-hybridized carbons (Fsp3) is 0.500. The first-order valence-electron chi connectivity index (χ1n) is 6.33. The Bertz CT molecular complexity index is 687. The molecule has 9 nitrogen and oxygen atoms in total. The molecular weight excluding hydrogens is 280 g/mol. The fourth-order valence-electron chi connectivity index (χ4n) is 2.63. The number of aliphatic hydroxyl groups is 4. The average Bonchev–Trinajstić information content (AvgIpc) is 2.95. The molecule has 0 bridgehead atoms. The fourth-order valence-corrected chi connectivity index (χ4v) is 2.63. The molecule has 3 heterocycles. The van der Waals surface area contributed by atoms with Gasteiger partial charge in [0.05, 0.1) is 6.61 Å². The largest absolute Gasteiger partial charge is 0.394 e. The summed E-state index contributed by atoms with van der Waals surface area (Å²) in [4.78, 5) is 3.82. The summed E-state index contributed by atoms with van der Waals surface area (Å²) in [6.45, 7) is 0.664. The van der Waals surface area contributed by atoms with Crippen molar-refractivity contribution in [3.63, 3.8) is 0 Å². The number of nitrogens with zero attached hydrogens (tertiary/aromatic N) is 3. The molecule has 21 heavy (non-hydrogen) atoms. The summed E-state index contributed by atoms with van der Waals surface area (Å²) in [6.07, 6.45) is -1.41. The van der Waals surface area contributed by atoms with E-state index < -0.39 is 30.2 Å². The first-order valence-corrected chi connectivity index (χ1v) is 6.33. The smallest absolute Gasteiger partial charge is 0.242 e. The van der Waals surface area contributed by atoms with Crippen molar-refractivity contribution in [2.45, 2.75) is 30.5 Å². The molecule has 0 aliphatic carbocycles. The summed E-state index contributed by atoms with van der Waals surface area (Å²) in [6, 6.07) is 3.02. The van der Waals surface area contributed by atoms with Gasteiger partial charge in [0, 0.05) is 0 Å². The van der Waals surface area contributed by atoms with Crippen molar-refractivity contribution in [3.05, 3.63) is 24.2 Å². The number of aliphatic hydroxyl groups excluding tert-OH is 2. The molecule has 1 saturated heterocycles. The van der Waals surface area contributed by atoms with Gasteiger partial charge < -0.3 is 30.9 Å². The van der Waals surface area contributed by atoms with E-state index in [1.807, 2.05) is 0 Å². The first-order chi connectivity index (χ1) is 9.83. The second-order valence-electron chi connectivity index (χ2n) is 5.24. The molecule has 0 saturated carbocycles. The topological polar surface area (TPSA) is 146 Å². The zero-order valence-corrected chi connectivity index (χ0v) is 11.2. The number of hydrogen-bond donors (Lipinski definition) is 5. The van der Waals surface area contributed by atoms with Gasteiger partial charge in [-0.25, -0.2) is 9.50 Å². The molecule has 1 aliphatic rings. The first kappa shape index (κ1) is 14.2. The molecule has 4 atom stereocenters. The van der Waals surface area contributed by atoms with E-state index in [1.54, 1.807) is 6.07 Å². The number of aromatic nitrogens is 3. The van der Waals surface area contributed by atoms with Gasteiger partial charge in [0.1, 0.15) is 35.3 Å². The zero-order valence-electron chi connectivity index (χ0n) is 11.2. The van der Waals surface area contributed by atoms with Gasteiger partial charge in [0.25, 0.3) is 0 Å². The number of nitrogen functional groups attached to an aromatic ring is 1. The van der Waals surface area contributed by atoms with Gasteiger partial charge in [-0.05, 0) is 19.1 Å². The molecule has 2 aromatic heterocycles. The quantitative estimate of drug-likeness (QED) is 0.426. The van der Waals surface area contributed by atoms with E-state index in [1.165, 1.54) is 23.8 Å². The molecule has 3 rings (SSSR count). The monoisotopic (exact) mass is 296 g/mol. The minimum absolute atomic E-state index is 0.0756. The van der Waals surface area contributed by atoms with E-state index in [0.29, 0.717) is 5.52 Å². The Morgan fingerprint density at radius 3 is 2.76 bits per heavy atom. The molecule has 114 valence electrons. The molecule has 0 amide bonds. The van der Waals surface area contributed by atoms with Crippen LogP contribution >= 0.6 is 0 Å². The summed E-state index contributed by atoms with van der Waals surface area (Å²) < 4.78 is 6.57. The van der Waals surface area contributed by atoms with Crippen LogP contribution in [0.15, 0.2) is 18.5 Å². The lowest BCUT2D eigenvalue weighted by Gasteiger charge is -2.33. The Morgan fingerprint density at radius 2 is 2.14 bits per heavy atom. The van der Waals surface area contributed by atoms with Gasteiger partial charge in [-0.15, -0.1) is 0 Å². The van der Waals surface area contributed by atoms with Crippen molar-refractivity contribution in [3.8, 4) is 0 Å². The lowest BCUT2D eigenvalue weighted by Crippen LogP contribution is -2.53. The number of rotatable bonds is 2. The van der Waals surface area contributed by atoms with Gasteiger partial charge in [-0.1, -0.05) is 0 Å². The van der Waals surface area contributed by atoms with E-state index in [4.69, 9.17) is 10.5 Å². The van der Waals surface area contributed by atoms with E-state index in [2.05, 4.69) is 10.1 Å². The highest BCUT2D eigenvalue weighted by molar-refractivity contribution is 5.65. The summed E-state index contributed by atoms with van der Waals surface area (Å²) in [5, 5.41) is 44.4. The summed E-state index contributed by atoms with van der Waals surface area (Å²) in [5.74, 6) is -2.07. The van der Waals surface area contributed by atoms with Crippen molar-refractivity contribution in [2.75, 3.05) is 12.3 Å². The normalized spacial score (nSPS) is 36.4. The third-order valence-corrected chi connectivity index (χ3v) is 3.95. The maximum atomic E-state index is 10.8. The van der Waals surface area contributed by atoms with Crippen molar-refractivity contribution in [1.82, 2.24) is 14.6 Å². The molecule has 2 aromatic rings. The second kappa shape index (κ2) is 4.36. The summed E-state index contributed by atoms with van der Waals surface area (Å²) >= 11 is 0. The van der Waals surface area contributed by atoms with Crippen LogP contribution in [0.4, 0.5) is 5.82 Å². The summed E-state index contributed by atoms with van der Waals surface area (Å²) in [7, 11) is 0. The van der Waals surface area contributed by atoms with Crippen molar-refractivity contribution < 1.29 is 25.2 Å². The van der Waals surface area contributed by atoms with Crippen LogP contribution < -0.4 is 5.73 Å². The third kappa shape index (κ3) is 1.69. The van der Waals surface area contributed by atoms with Crippen molar-refractivity contribution in [1.29, 1.82) is 0 Å². The highest BCUT2D eigenvalue weighted by Crippen LogP contribution is 2.45. The van der Waals surface area contributed by atoms with E-state index in [0.717, 1.165) is 0 Å². The molecule has 0 spiro atoms. The van der Waals surface area contributed by atoms with Gasteiger partial charge in [-0.2, -0.15) is 5.10 Å². The molecule has 1 fully saturated rings. The number of hydrogen-bond acceptors (Lipinski definition) is 8. The van der Waals surface area contributed by atoms with E-state index in [-0.39, 0.29) is 11.5 Å². The van der Waals surface area contributed by atoms with Crippen LogP contribution in [-0.4, -0.2) is 59.4 Å². The number of ether oxygens (including phenoxy) is 1. The Kier molecular flexibility index (Phi) is 2.94. The molecule has 0 aromatic carbocycles. The van der Waals surface area contributed by atoms with Crippen LogP contribution in [0.3, 0.4) is 0 Å². The zero-order chi connectivity index (χ0) is 15.4. The summed E-state index contributed by atoms with van der Waals surface area (Å²) in [5.41, 5.74) is 4.16. The molecule has 1 aliphatic heterocycles. The standard InChI is InChI=1S/C12H16N4O5/c1-11(19)9(18)7(4-17)21-12(11,20)8-3-2-6-10(13)14-5-15-16(6)8/h2-3,5,7,9,17-20H,4H2,1H3,(H2,13,14,15)/t7-,9-,11-,12+/m1/s1. The highest BCUT2D eigenvalue weighted by Gasteiger charge is 2.64. The number of anilines is 1. The Balaban J connectivity index is 2.19. The maximum Gasteiger partial charge on any atom is 0.242 e. The minimum atomic E-state index is -2.26. The predicted octanol–water partition coefficient (Wildman–Crippen LogP) is -2.04. The lowest BCUT2D eigenvalue weighted by molar-refractivity contribution is -0.275. The Morgan fingerprint density at radius 1 is 1.43 bits per heavy atom. The molecule has 9 heteroatoms. The lowest BCUT2D eigenvalue weighted by atomic mass is 9.88. The van der Waals surface area contributed by atoms with Gasteiger partial charge in [0.15, 0.2) is 5.82 Å². The average molecular weight is 296 g/mol. The van der Waals surface area contributed by atoms with Crippen LogP contribution in [0.1, 0.15) is 12.6 Å². The number of fused-ring (bicyclic) bond motifs is 1. The second-order valence-corrected chi connectivity index (χ2v) is 5.24. The maximum absolute atomic E-state index is 10.8. The SMILES string of the molecule is C[C@@]1(O)[C@H](O)[C@@H](CO)O[C@@]1(O)c1ccc2c(N)ncnn12. The van der Waals surface area contributed by atoms with Crippen molar-refractivity contribution >= 4 is 11.3 Å². The third-order valence-electron chi connectivity index (χ3n) is 3.95. The van der Waals surface area contributed by atoms with E-state index in [9.17, 15) is 20.4 Å².